The van der Waals surface area contributed by atoms with Crippen LogP contribution < -0.4 is 5.32 Å². The van der Waals surface area contributed by atoms with Gasteiger partial charge in [0, 0.05) is 12.5 Å². The summed E-state index contributed by atoms with van der Waals surface area (Å²) in [5.41, 5.74) is 0.822. The van der Waals surface area contributed by atoms with Crippen molar-refractivity contribution in [3.63, 3.8) is 0 Å². The van der Waals surface area contributed by atoms with Crippen molar-refractivity contribution >= 4 is 11.9 Å². The lowest BCUT2D eigenvalue weighted by Gasteiger charge is -2.17. The van der Waals surface area contributed by atoms with E-state index in [4.69, 9.17) is 4.74 Å². The largest absolute Gasteiger partial charge is 0.508 e. The van der Waals surface area contributed by atoms with E-state index in [1.54, 1.807) is 0 Å². The SMILES string of the molecule is COC(=O)[C@H](Cc1ccccc1)NC(=O)c1ccc(O)cc1O. The number of rotatable bonds is 5. The molecule has 0 heterocycles. The van der Waals surface area contributed by atoms with Crippen LogP contribution in [0, 0.1) is 0 Å². The minimum Gasteiger partial charge on any atom is -0.508 e. The third kappa shape index (κ3) is 4.23. The Bertz CT molecular complexity index is 699. The maximum atomic E-state index is 12.2. The summed E-state index contributed by atoms with van der Waals surface area (Å²) in [5.74, 6) is -1.74. The molecule has 0 saturated heterocycles. The van der Waals surface area contributed by atoms with Gasteiger partial charge in [0.1, 0.15) is 17.5 Å². The third-order valence-electron chi connectivity index (χ3n) is 3.30. The molecule has 2 aromatic rings. The molecule has 6 nitrogen and oxygen atoms in total. The van der Waals surface area contributed by atoms with E-state index in [0.29, 0.717) is 0 Å². The van der Waals surface area contributed by atoms with Crippen molar-refractivity contribution in [3.05, 3.63) is 59.7 Å². The first-order chi connectivity index (χ1) is 11.0. The molecule has 23 heavy (non-hydrogen) atoms. The van der Waals surface area contributed by atoms with Crippen LogP contribution >= 0.6 is 0 Å². The lowest BCUT2D eigenvalue weighted by atomic mass is 10.1. The molecular formula is C17H17NO5. The fourth-order valence-corrected chi connectivity index (χ4v) is 2.13. The predicted molar refractivity (Wildman–Crippen MR) is 83.2 cm³/mol. The van der Waals surface area contributed by atoms with Crippen molar-refractivity contribution in [2.24, 2.45) is 0 Å². The molecule has 0 aliphatic carbocycles. The molecule has 0 aromatic heterocycles. The molecule has 0 spiro atoms. The quantitative estimate of drug-likeness (QED) is 0.729. The zero-order chi connectivity index (χ0) is 16.8. The van der Waals surface area contributed by atoms with Gasteiger partial charge in [-0.25, -0.2) is 4.79 Å². The minimum atomic E-state index is -0.886. The molecule has 120 valence electrons. The van der Waals surface area contributed by atoms with E-state index >= 15 is 0 Å². The topological polar surface area (TPSA) is 95.9 Å². The third-order valence-corrected chi connectivity index (χ3v) is 3.30. The second-order valence-corrected chi connectivity index (χ2v) is 4.94. The van der Waals surface area contributed by atoms with Crippen LogP contribution in [0.15, 0.2) is 48.5 Å². The number of nitrogens with one attached hydrogen (secondary N) is 1. The fourth-order valence-electron chi connectivity index (χ4n) is 2.13. The molecule has 1 atom stereocenters. The molecule has 0 radical (unpaired) electrons. The van der Waals surface area contributed by atoms with Crippen molar-refractivity contribution < 1.29 is 24.5 Å². The molecule has 0 aliphatic rings. The molecule has 6 heteroatoms. The van der Waals surface area contributed by atoms with Gasteiger partial charge in [0.05, 0.1) is 12.7 Å². The number of phenols is 2. The normalized spacial score (nSPS) is 11.5. The van der Waals surface area contributed by atoms with E-state index in [2.05, 4.69) is 5.32 Å². The van der Waals surface area contributed by atoms with Crippen molar-refractivity contribution in [3.8, 4) is 11.5 Å². The summed E-state index contributed by atoms with van der Waals surface area (Å²) >= 11 is 0. The molecule has 0 saturated carbocycles. The highest BCUT2D eigenvalue weighted by Crippen LogP contribution is 2.22. The molecule has 3 N–H and O–H groups in total. The van der Waals surface area contributed by atoms with E-state index in [9.17, 15) is 19.8 Å². The summed E-state index contributed by atoms with van der Waals surface area (Å²) in [4.78, 5) is 24.1. The van der Waals surface area contributed by atoms with Gasteiger partial charge in [-0.1, -0.05) is 30.3 Å². The average Bonchev–Trinajstić information content (AvgIpc) is 2.54. The number of carbonyl (C=O) groups excluding carboxylic acids is 2. The van der Waals surface area contributed by atoms with E-state index in [1.807, 2.05) is 30.3 Å². The summed E-state index contributed by atoms with van der Waals surface area (Å²) in [6, 6.07) is 11.9. The summed E-state index contributed by atoms with van der Waals surface area (Å²) in [6.45, 7) is 0. The maximum absolute atomic E-state index is 12.2. The van der Waals surface area contributed by atoms with Gasteiger partial charge in [-0.15, -0.1) is 0 Å². The molecule has 0 bridgehead atoms. The Balaban J connectivity index is 2.17. The number of hydrogen-bond donors (Lipinski definition) is 3. The number of benzene rings is 2. The van der Waals surface area contributed by atoms with Crippen molar-refractivity contribution in [2.45, 2.75) is 12.5 Å². The van der Waals surface area contributed by atoms with Crippen LogP contribution in [0.1, 0.15) is 15.9 Å². The summed E-state index contributed by atoms with van der Waals surface area (Å²) in [7, 11) is 1.24. The van der Waals surface area contributed by atoms with Crippen molar-refractivity contribution in [1.82, 2.24) is 5.32 Å². The van der Waals surface area contributed by atoms with Gasteiger partial charge in [0.15, 0.2) is 0 Å². The second-order valence-electron chi connectivity index (χ2n) is 4.94. The number of aromatic hydroxyl groups is 2. The Hall–Kier alpha value is -3.02. The Morgan fingerprint density at radius 3 is 2.43 bits per heavy atom. The first-order valence-corrected chi connectivity index (χ1v) is 6.96. The lowest BCUT2D eigenvalue weighted by Crippen LogP contribution is -2.43. The van der Waals surface area contributed by atoms with E-state index in [-0.39, 0.29) is 23.5 Å². The molecule has 2 aromatic carbocycles. The van der Waals surface area contributed by atoms with E-state index < -0.39 is 17.9 Å². The monoisotopic (exact) mass is 315 g/mol. The summed E-state index contributed by atoms with van der Waals surface area (Å²) < 4.78 is 4.71. The van der Waals surface area contributed by atoms with Crippen molar-refractivity contribution in [2.75, 3.05) is 7.11 Å². The highest BCUT2D eigenvalue weighted by atomic mass is 16.5. The molecule has 0 aliphatic heterocycles. The van der Waals surface area contributed by atoms with Crippen LogP contribution in [-0.2, 0) is 16.0 Å². The first kappa shape index (κ1) is 16.4. The smallest absolute Gasteiger partial charge is 0.328 e. The Kier molecular flexibility index (Phi) is 5.19. The Morgan fingerprint density at radius 2 is 1.83 bits per heavy atom. The Labute approximate surface area is 133 Å². The number of hydrogen-bond acceptors (Lipinski definition) is 5. The lowest BCUT2D eigenvalue weighted by molar-refractivity contribution is -0.142. The van der Waals surface area contributed by atoms with Crippen LogP contribution in [0.3, 0.4) is 0 Å². The number of phenolic OH excluding ortho intramolecular Hbond substituents is 2. The van der Waals surface area contributed by atoms with Gasteiger partial charge in [0.2, 0.25) is 0 Å². The minimum absolute atomic E-state index is 0.0373. The number of esters is 1. The number of amides is 1. The first-order valence-electron chi connectivity index (χ1n) is 6.96. The predicted octanol–water partition coefficient (Wildman–Crippen LogP) is 1.61. The van der Waals surface area contributed by atoms with Gasteiger partial charge in [0.25, 0.3) is 5.91 Å². The van der Waals surface area contributed by atoms with Crippen LogP contribution in [-0.4, -0.2) is 35.2 Å². The van der Waals surface area contributed by atoms with Crippen LogP contribution in [0.4, 0.5) is 0 Å². The molecule has 0 unspecified atom stereocenters. The number of carbonyl (C=O) groups is 2. The fraction of sp³-hybridized carbons (Fsp3) is 0.176. The number of ether oxygens (including phenoxy) is 1. The van der Waals surface area contributed by atoms with Gasteiger partial charge in [-0.05, 0) is 17.7 Å². The summed E-state index contributed by atoms with van der Waals surface area (Å²) in [6.07, 6.45) is 0.262. The van der Waals surface area contributed by atoms with Crippen LogP contribution in [0.2, 0.25) is 0 Å². The average molecular weight is 315 g/mol. The number of methoxy groups -OCH3 is 1. The Morgan fingerprint density at radius 1 is 1.13 bits per heavy atom. The maximum Gasteiger partial charge on any atom is 0.328 e. The van der Waals surface area contributed by atoms with Gasteiger partial charge in [-0.2, -0.15) is 0 Å². The van der Waals surface area contributed by atoms with Gasteiger partial charge in [-0.3, -0.25) is 4.79 Å². The van der Waals surface area contributed by atoms with Crippen LogP contribution in [0.5, 0.6) is 11.5 Å². The zero-order valence-electron chi connectivity index (χ0n) is 12.5. The molecule has 0 fully saturated rings. The van der Waals surface area contributed by atoms with Gasteiger partial charge >= 0.3 is 5.97 Å². The van der Waals surface area contributed by atoms with Crippen LogP contribution in [0.25, 0.3) is 0 Å². The highest BCUT2D eigenvalue weighted by molar-refractivity contribution is 5.99. The highest BCUT2D eigenvalue weighted by Gasteiger charge is 2.23. The van der Waals surface area contributed by atoms with E-state index in [1.165, 1.54) is 19.2 Å². The molecule has 1 amide bonds. The second kappa shape index (κ2) is 7.31. The van der Waals surface area contributed by atoms with Crippen molar-refractivity contribution in [1.29, 1.82) is 0 Å². The summed E-state index contributed by atoms with van der Waals surface area (Å²) in [5, 5.41) is 21.5. The molecular weight excluding hydrogens is 298 g/mol. The molecule has 2 rings (SSSR count). The van der Waals surface area contributed by atoms with Gasteiger partial charge < -0.3 is 20.3 Å². The zero-order valence-corrected chi connectivity index (χ0v) is 12.5. The standard InChI is InChI=1S/C17H17NO5/c1-23-17(22)14(9-11-5-3-2-4-6-11)18-16(21)13-8-7-12(19)10-15(13)20/h2-8,10,14,19-20H,9H2,1H3,(H,18,21)/t14-/m0/s1. The van der Waals surface area contributed by atoms with E-state index in [0.717, 1.165) is 11.6 Å².